The van der Waals surface area contributed by atoms with Crippen LogP contribution in [-0.4, -0.2) is 60.0 Å². The number of nitrogens with one attached hydrogen (secondary N) is 3. The lowest BCUT2D eigenvalue weighted by Gasteiger charge is -2.38. The third-order valence-corrected chi connectivity index (χ3v) is 8.24. The number of piperidine rings is 1. The zero-order chi connectivity index (χ0) is 29.5. The van der Waals surface area contributed by atoms with Gasteiger partial charge in [-0.2, -0.15) is 4.98 Å². The van der Waals surface area contributed by atoms with Crippen molar-refractivity contribution in [2.24, 2.45) is 5.92 Å². The summed E-state index contributed by atoms with van der Waals surface area (Å²) in [6.45, 7) is 9.94. The molecule has 1 fully saturated rings. The van der Waals surface area contributed by atoms with Gasteiger partial charge in [0.1, 0.15) is 6.10 Å². The Labute approximate surface area is 239 Å². The van der Waals surface area contributed by atoms with Crippen LogP contribution in [0.3, 0.4) is 0 Å². The van der Waals surface area contributed by atoms with Gasteiger partial charge in [-0.15, -0.1) is 0 Å². The molecule has 1 saturated heterocycles. The number of fused-ring (bicyclic) bond motifs is 6. The minimum Gasteiger partial charge on any atom is -0.472 e. The molecule has 3 amide bonds. The van der Waals surface area contributed by atoms with Crippen molar-refractivity contribution in [3.8, 4) is 17.1 Å². The zero-order valence-corrected chi connectivity index (χ0v) is 24.5. The molecule has 0 aliphatic carbocycles. The molecule has 2 aliphatic heterocycles. The minimum absolute atomic E-state index is 0.0661. The Morgan fingerprint density at radius 3 is 2.46 bits per heavy atom. The highest BCUT2D eigenvalue weighted by Crippen LogP contribution is 2.31. The minimum atomic E-state index is -4.10. The van der Waals surface area contributed by atoms with Crippen LogP contribution in [0.25, 0.3) is 11.3 Å². The number of carbonyl (C=O) groups is 2. The number of anilines is 2. The summed E-state index contributed by atoms with van der Waals surface area (Å²) in [6, 6.07) is 13.1. The number of benzene rings is 2. The normalized spacial score (nSPS) is 20.1. The van der Waals surface area contributed by atoms with Crippen LogP contribution in [0.4, 0.5) is 16.4 Å². The van der Waals surface area contributed by atoms with Crippen LogP contribution in [0.2, 0.25) is 0 Å². The number of sulfonamides is 1. The van der Waals surface area contributed by atoms with E-state index >= 15 is 0 Å². The second-order valence-electron chi connectivity index (χ2n) is 11.6. The van der Waals surface area contributed by atoms with Gasteiger partial charge in [-0.1, -0.05) is 24.3 Å². The molecule has 2 aromatic carbocycles. The monoisotopic (exact) mass is 578 g/mol. The highest BCUT2D eigenvalue weighted by molar-refractivity contribution is 7.92. The highest BCUT2D eigenvalue weighted by atomic mass is 32.2. The Bertz CT molecular complexity index is 1600. The quantitative estimate of drug-likeness (QED) is 0.395. The van der Waals surface area contributed by atoms with Crippen LogP contribution < -0.4 is 20.1 Å². The first kappa shape index (κ1) is 28.3. The van der Waals surface area contributed by atoms with E-state index in [0.29, 0.717) is 17.8 Å². The number of hydrogen-bond donors (Lipinski definition) is 3. The molecular formula is C29H34N6O5S. The molecule has 6 bridgehead atoms. The average Bonchev–Trinajstić information content (AvgIpc) is 2.87. The number of aryl methyl sites for hydroxylation is 2. The van der Waals surface area contributed by atoms with Crippen molar-refractivity contribution in [2.75, 3.05) is 23.1 Å². The van der Waals surface area contributed by atoms with E-state index in [9.17, 15) is 18.0 Å². The molecule has 2 atom stereocenters. The molecule has 0 spiro atoms. The Morgan fingerprint density at radius 1 is 1.05 bits per heavy atom. The topological polar surface area (TPSA) is 143 Å². The molecule has 0 saturated carbocycles. The Morgan fingerprint density at radius 2 is 1.76 bits per heavy atom. The predicted molar refractivity (Wildman–Crippen MR) is 155 cm³/mol. The van der Waals surface area contributed by atoms with Crippen LogP contribution in [0.1, 0.15) is 38.3 Å². The molecule has 11 nitrogen and oxygen atoms in total. The lowest BCUT2D eigenvalue weighted by molar-refractivity contribution is -0.122. The van der Waals surface area contributed by atoms with Gasteiger partial charge in [0.25, 0.3) is 10.0 Å². The van der Waals surface area contributed by atoms with E-state index in [-0.39, 0.29) is 41.8 Å². The highest BCUT2D eigenvalue weighted by Gasteiger charge is 2.36. The van der Waals surface area contributed by atoms with E-state index in [4.69, 9.17) is 4.74 Å². The molecule has 12 heteroatoms. The molecule has 0 unspecified atom stereocenters. The van der Waals surface area contributed by atoms with Gasteiger partial charge in [0.15, 0.2) is 0 Å². The van der Waals surface area contributed by atoms with E-state index in [1.54, 1.807) is 23.1 Å². The van der Waals surface area contributed by atoms with Crippen molar-refractivity contribution in [1.29, 1.82) is 0 Å². The molecule has 0 radical (unpaired) electrons. The number of aromatic nitrogens is 2. The number of nitrogens with zero attached hydrogens (tertiary/aromatic N) is 3. The van der Waals surface area contributed by atoms with Crippen molar-refractivity contribution in [3.63, 3.8) is 0 Å². The number of carbonyl (C=O) groups excluding carboxylic acids is 2. The Balaban J connectivity index is 1.62. The number of urea groups is 1. The smallest absolute Gasteiger partial charge is 0.317 e. The maximum Gasteiger partial charge on any atom is 0.317 e. The van der Waals surface area contributed by atoms with Crippen molar-refractivity contribution >= 4 is 33.6 Å². The van der Waals surface area contributed by atoms with Crippen LogP contribution >= 0.6 is 0 Å². The largest absolute Gasteiger partial charge is 0.472 e. The van der Waals surface area contributed by atoms with Crippen molar-refractivity contribution in [2.45, 2.75) is 57.6 Å². The van der Waals surface area contributed by atoms with E-state index < -0.39 is 27.6 Å². The number of hydrogen-bond acceptors (Lipinski definition) is 7. The standard InChI is InChI=1S/C29H34N6O5S/c1-17-8-6-9-18(2)25(17)23-14-24-32-27(31-23)34-41(38,39)22-11-7-10-20(13-22)30-26(36)19-12-21(40-24)16-35(15-19)28(37)33-29(3,4)5/h6-11,13-14,19,21H,12,15-16H2,1-5H3,(H,30,36)(H,33,37)(H,31,32,34)/t19-,21+/m1/s1. The lowest BCUT2D eigenvalue weighted by atomic mass is 9.94. The van der Waals surface area contributed by atoms with E-state index in [1.807, 2.05) is 52.8 Å². The average molecular weight is 579 g/mol. The summed E-state index contributed by atoms with van der Waals surface area (Å²) in [6.07, 6.45) is -0.265. The zero-order valence-electron chi connectivity index (χ0n) is 23.7. The lowest BCUT2D eigenvalue weighted by Crippen LogP contribution is -2.56. The number of likely N-dealkylation sites (tertiary alicyclic amines) is 1. The second kappa shape index (κ2) is 10.7. The molecule has 2 aliphatic rings. The van der Waals surface area contributed by atoms with E-state index in [1.165, 1.54) is 12.1 Å². The SMILES string of the molecule is Cc1cccc(C)c1-c1cc2nc(n1)NS(=O)(=O)c1cccc(c1)NC(=O)[C@@H]1C[C@@H](CN(C(=O)NC(C)(C)C)C1)O2. The molecule has 3 aromatic rings. The summed E-state index contributed by atoms with van der Waals surface area (Å²) in [5, 5.41) is 5.77. The van der Waals surface area contributed by atoms with Gasteiger partial charge in [-0.25, -0.2) is 22.9 Å². The fraction of sp³-hybridized carbons (Fsp3) is 0.379. The summed E-state index contributed by atoms with van der Waals surface area (Å²) in [5.41, 5.74) is 3.05. The van der Waals surface area contributed by atoms with Gasteiger partial charge in [0, 0.05) is 29.4 Å². The molecule has 41 heavy (non-hydrogen) atoms. The van der Waals surface area contributed by atoms with Crippen molar-refractivity contribution in [3.05, 3.63) is 59.7 Å². The third kappa shape index (κ3) is 6.43. The molecule has 3 heterocycles. The fourth-order valence-electron chi connectivity index (χ4n) is 5.11. The van der Waals surface area contributed by atoms with Gasteiger partial charge < -0.3 is 20.3 Å². The summed E-state index contributed by atoms with van der Waals surface area (Å²) < 4.78 is 35.4. The number of rotatable bonds is 1. The first-order chi connectivity index (χ1) is 19.3. The molecule has 216 valence electrons. The summed E-state index contributed by atoms with van der Waals surface area (Å²) in [4.78, 5) is 37.0. The van der Waals surface area contributed by atoms with Gasteiger partial charge in [-0.05, 0) is 70.4 Å². The summed E-state index contributed by atoms with van der Waals surface area (Å²) >= 11 is 0. The fourth-order valence-corrected chi connectivity index (χ4v) is 6.10. The van der Waals surface area contributed by atoms with Crippen molar-refractivity contribution in [1.82, 2.24) is 20.2 Å². The first-order valence-corrected chi connectivity index (χ1v) is 14.9. The molecule has 5 rings (SSSR count). The predicted octanol–water partition coefficient (Wildman–Crippen LogP) is 4.09. The van der Waals surface area contributed by atoms with Crippen LogP contribution in [0.15, 0.2) is 53.4 Å². The Kier molecular flexibility index (Phi) is 7.37. The molecule has 1 aromatic heterocycles. The number of amides is 3. The second-order valence-corrected chi connectivity index (χ2v) is 13.2. The van der Waals surface area contributed by atoms with Crippen LogP contribution in [0.5, 0.6) is 5.88 Å². The van der Waals surface area contributed by atoms with E-state index in [2.05, 4.69) is 25.3 Å². The maximum absolute atomic E-state index is 13.4. The van der Waals surface area contributed by atoms with Gasteiger partial charge in [0.05, 0.1) is 23.1 Å². The first-order valence-electron chi connectivity index (χ1n) is 13.4. The maximum atomic E-state index is 13.4. The van der Waals surface area contributed by atoms with Gasteiger partial charge >= 0.3 is 6.03 Å². The van der Waals surface area contributed by atoms with Gasteiger partial charge in [-0.3, -0.25) is 4.79 Å². The van der Waals surface area contributed by atoms with Gasteiger partial charge in [0.2, 0.25) is 17.7 Å². The molecule has 3 N–H and O–H groups in total. The van der Waals surface area contributed by atoms with Crippen LogP contribution in [-0.2, 0) is 14.8 Å². The number of ether oxygens (including phenoxy) is 1. The molecular weight excluding hydrogens is 544 g/mol. The summed E-state index contributed by atoms with van der Waals surface area (Å²) in [5.74, 6) is -0.976. The Hall–Kier alpha value is -4.19. The van der Waals surface area contributed by atoms with Crippen molar-refractivity contribution < 1.29 is 22.7 Å². The third-order valence-electron chi connectivity index (χ3n) is 6.92. The van der Waals surface area contributed by atoms with Crippen LogP contribution in [0, 0.1) is 19.8 Å². The summed E-state index contributed by atoms with van der Waals surface area (Å²) in [7, 11) is -4.10. The van der Waals surface area contributed by atoms with E-state index in [0.717, 1.165) is 16.7 Å².